The first kappa shape index (κ1) is 44.6. The van der Waals surface area contributed by atoms with Crippen molar-refractivity contribution < 1.29 is 95.6 Å². The molecule has 24 heteroatoms. The van der Waals surface area contributed by atoms with Crippen LogP contribution in [0.15, 0.2) is 0 Å². The quantitative estimate of drug-likeness (QED) is 0.199. The summed E-state index contributed by atoms with van der Waals surface area (Å²) in [5.41, 5.74) is 11.7. The summed E-state index contributed by atoms with van der Waals surface area (Å²) in [5.74, 6) is 0. The number of nitrogens with two attached hydrogens (primary N) is 2. The Labute approximate surface area is 195 Å². The fourth-order valence-electron chi connectivity index (χ4n) is 1.39. The Hall–Kier alpha value is 0.599. The van der Waals surface area contributed by atoms with Crippen molar-refractivity contribution in [1.82, 2.24) is 0 Å². The molecule has 0 saturated carbocycles. The van der Waals surface area contributed by atoms with E-state index in [-0.39, 0.29) is 25.6 Å². The van der Waals surface area contributed by atoms with Crippen molar-refractivity contribution in [1.29, 1.82) is 0 Å². The van der Waals surface area contributed by atoms with Crippen LogP contribution in [0, 0.1) is 0 Å². The van der Waals surface area contributed by atoms with Gasteiger partial charge >= 0.3 is 119 Å². The number of hydrogen-bond acceptors (Lipinski definition) is 2. The normalized spacial score (nSPS) is 18.5. The van der Waals surface area contributed by atoms with Gasteiger partial charge in [-0.15, -0.1) is 0 Å². The van der Waals surface area contributed by atoms with Gasteiger partial charge in [0.25, 0.3) is 0 Å². The summed E-state index contributed by atoms with van der Waals surface area (Å²) in [4.78, 5) is 0. The summed E-state index contributed by atoms with van der Waals surface area (Å²) >= 11 is 0. The molecule has 4 N–H and O–H groups in total. The number of unbranched alkanes of at least 4 members (excludes halogenated alkanes) is 2. The fraction of sp³-hybridized carbons (Fsp3) is 1.00. The molecule has 0 spiro atoms. The Kier molecular flexibility index (Phi) is 13.6. The molecule has 0 atom stereocenters. The van der Waals surface area contributed by atoms with E-state index >= 15 is 0 Å². The molecular formula is C10H24F18IrN2P3. The molecule has 0 aliphatic rings. The standard InChI is InChI=1S/C10H24N2.3F6P.Ir/c1-3-5-7-10(12,9-11)8-6-4-2;3*1-7(2,3,4,5)6;/h3-9,11-12H2,1-2H3;;;;/q;3*-1;+3. The summed E-state index contributed by atoms with van der Waals surface area (Å²) in [6, 6.07) is 0. The van der Waals surface area contributed by atoms with Crippen molar-refractivity contribution in [3.05, 3.63) is 0 Å². The van der Waals surface area contributed by atoms with E-state index in [1.807, 2.05) is 0 Å². The van der Waals surface area contributed by atoms with Crippen LogP contribution >= 0.6 is 23.4 Å². The molecule has 0 fully saturated rings. The third kappa shape index (κ3) is 176. The molecule has 0 radical (unpaired) electrons. The average Bonchev–Trinajstić information content (AvgIpc) is 2.32. The van der Waals surface area contributed by atoms with Gasteiger partial charge in [0.2, 0.25) is 0 Å². The van der Waals surface area contributed by atoms with Gasteiger partial charge in [0.05, 0.1) is 0 Å². The van der Waals surface area contributed by atoms with Crippen LogP contribution in [0.4, 0.5) is 75.5 Å². The van der Waals surface area contributed by atoms with E-state index in [2.05, 4.69) is 13.8 Å². The molecular weight excluding hydrogens is 775 g/mol. The Balaban J connectivity index is -0.000000113. The third-order valence-corrected chi connectivity index (χ3v) is 2.46. The summed E-state index contributed by atoms with van der Waals surface area (Å²) < 4.78 is 178. The van der Waals surface area contributed by atoms with Crippen LogP contribution < -0.4 is 11.5 Å². The van der Waals surface area contributed by atoms with Gasteiger partial charge in [0, 0.05) is 12.1 Å². The molecule has 0 aliphatic carbocycles. The minimum Gasteiger partial charge on any atom is 3.00 e. The van der Waals surface area contributed by atoms with Crippen LogP contribution in [0.1, 0.15) is 52.4 Å². The van der Waals surface area contributed by atoms with Crippen LogP contribution in [-0.2, 0) is 20.1 Å². The second kappa shape index (κ2) is 10.4. The van der Waals surface area contributed by atoms with Crippen LogP contribution in [0.2, 0.25) is 0 Å². The molecule has 0 aromatic rings. The van der Waals surface area contributed by atoms with Gasteiger partial charge in [-0.25, -0.2) is 0 Å². The van der Waals surface area contributed by atoms with Crippen molar-refractivity contribution in [2.24, 2.45) is 11.5 Å². The average molecular weight is 799 g/mol. The molecule has 0 saturated heterocycles. The van der Waals surface area contributed by atoms with Gasteiger partial charge in [0.1, 0.15) is 0 Å². The van der Waals surface area contributed by atoms with Crippen molar-refractivity contribution in [2.45, 2.75) is 57.9 Å². The van der Waals surface area contributed by atoms with E-state index in [9.17, 15) is 75.5 Å². The topological polar surface area (TPSA) is 52.0 Å². The predicted octanol–water partition coefficient (Wildman–Crippen LogP) is 12.2. The molecule has 34 heavy (non-hydrogen) atoms. The summed E-state index contributed by atoms with van der Waals surface area (Å²) in [6.07, 6.45) is 7.00. The monoisotopic (exact) mass is 800 g/mol. The van der Waals surface area contributed by atoms with Crippen LogP contribution in [0.3, 0.4) is 0 Å². The van der Waals surface area contributed by atoms with Gasteiger partial charge in [0.15, 0.2) is 0 Å². The predicted molar refractivity (Wildman–Crippen MR) is 95.7 cm³/mol. The van der Waals surface area contributed by atoms with E-state index in [4.69, 9.17) is 11.5 Å². The zero-order valence-electron chi connectivity index (χ0n) is 17.1. The van der Waals surface area contributed by atoms with Crippen molar-refractivity contribution in [3.8, 4) is 0 Å². The van der Waals surface area contributed by atoms with Gasteiger partial charge in [-0.1, -0.05) is 39.5 Å². The smallest absolute Gasteiger partial charge is 3.00 e. The Morgan fingerprint density at radius 1 is 0.500 bits per heavy atom. The molecule has 0 rings (SSSR count). The molecule has 0 heterocycles. The molecule has 0 bridgehead atoms. The summed E-state index contributed by atoms with van der Waals surface area (Å²) in [7, 11) is -32.0. The summed E-state index contributed by atoms with van der Waals surface area (Å²) in [6.45, 7) is 5.01. The first-order valence-electron chi connectivity index (χ1n) is 8.21. The minimum absolute atomic E-state index is 0. The molecule has 224 valence electrons. The van der Waals surface area contributed by atoms with Crippen molar-refractivity contribution in [3.63, 3.8) is 0 Å². The molecule has 0 amide bonds. The fourth-order valence-corrected chi connectivity index (χ4v) is 1.39. The molecule has 0 aromatic heterocycles. The van der Waals surface area contributed by atoms with Crippen LogP contribution in [0.25, 0.3) is 0 Å². The zero-order valence-corrected chi connectivity index (χ0v) is 22.2. The van der Waals surface area contributed by atoms with Gasteiger partial charge < -0.3 is 11.5 Å². The number of rotatable bonds is 7. The second-order valence-corrected chi connectivity index (χ2v) is 12.4. The maximum absolute atomic E-state index is 10.7. The number of halogens is 18. The Morgan fingerprint density at radius 3 is 0.735 bits per heavy atom. The molecule has 0 aliphatic heterocycles. The van der Waals surface area contributed by atoms with E-state index < -0.39 is 23.4 Å². The molecule has 0 aromatic carbocycles. The summed E-state index contributed by atoms with van der Waals surface area (Å²) in [5, 5.41) is 0. The maximum atomic E-state index is 9.87. The zero-order chi connectivity index (χ0) is 28.7. The molecule has 0 unspecified atom stereocenters. The van der Waals surface area contributed by atoms with Gasteiger partial charge in [-0.2, -0.15) is 0 Å². The Morgan fingerprint density at radius 2 is 0.647 bits per heavy atom. The third-order valence-electron chi connectivity index (χ3n) is 2.46. The van der Waals surface area contributed by atoms with Crippen LogP contribution in [0.5, 0.6) is 0 Å². The van der Waals surface area contributed by atoms with Crippen molar-refractivity contribution in [2.75, 3.05) is 6.54 Å². The van der Waals surface area contributed by atoms with E-state index in [0.29, 0.717) is 6.54 Å². The molecule has 2 nitrogen and oxygen atoms in total. The number of hydrogen-bond donors (Lipinski definition) is 2. The SMILES string of the molecule is CCCCC(N)(CN)CCCC.F[P-](F)(F)(F)(F)F.F[P-](F)(F)(F)(F)F.F[P-](F)(F)(F)(F)F.[Ir+3]. The van der Waals surface area contributed by atoms with Crippen molar-refractivity contribution >= 4 is 23.4 Å². The second-order valence-electron chi connectivity index (χ2n) is 6.65. The van der Waals surface area contributed by atoms with Gasteiger partial charge in [-0.05, 0) is 12.8 Å². The largest absolute Gasteiger partial charge is 3.00 e. The Bertz CT molecular complexity index is 480. The minimum atomic E-state index is -10.7. The first-order chi connectivity index (χ1) is 13.0. The first-order valence-corrected chi connectivity index (χ1v) is 14.3. The maximum Gasteiger partial charge on any atom is 3.00 e. The van der Waals surface area contributed by atoms with Gasteiger partial charge in [-0.3, -0.25) is 0 Å². The van der Waals surface area contributed by atoms with Crippen LogP contribution in [-0.4, -0.2) is 12.1 Å². The van der Waals surface area contributed by atoms with E-state index in [1.165, 1.54) is 25.7 Å². The van der Waals surface area contributed by atoms with E-state index in [0.717, 1.165) is 12.8 Å². The van der Waals surface area contributed by atoms with E-state index in [1.54, 1.807) is 0 Å².